The highest BCUT2D eigenvalue weighted by Crippen LogP contribution is 2.28. The topological polar surface area (TPSA) is 23.5 Å². The zero-order chi connectivity index (χ0) is 12.8. The van der Waals surface area contributed by atoms with Crippen LogP contribution in [0.3, 0.4) is 0 Å². The Morgan fingerprint density at radius 1 is 1.17 bits per heavy atom. The van der Waals surface area contributed by atoms with E-state index < -0.39 is 0 Å². The molecule has 2 rings (SSSR count). The summed E-state index contributed by atoms with van der Waals surface area (Å²) in [5.41, 5.74) is 0.986. The lowest BCUT2D eigenvalue weighted by Gasteiger charge is -2.38. The van der Waals surface area contributed by atoms with E-state index in [1.165, 1.54) is 12.0 Å². The Hall–Kier alpha value is -0.860. The Balaban J connectivity index is 1.80. The molecule has 1 fully saturated rings. The first-order chi connectivity index (χ1) is 8.72. The minimum absolute atomic E-state index is 0.386. The smallest absolute Gasteiger partial charge is 0.0672 e. The average Bonchev–Trinajstić information content (AvgIpc) is 2.41. The van der Waals surface area contributed by atoms with Gasteiger partial charge in [0.2, 0.25) is 0 Å². The number of benzene rings is 1. The summed E-state index contributed by atoms with van der Waals surface area (Å²) in [7, 11) is 0. The molecule has 0 aromatic heterocycles. The fourth-order valence-corrected chi connectivity index (χ4v) is 2.72. The minimum atomic E-state index is -0.386. The molecule has 1 N–H and O–H groups in total. The van der Waals surface area contributed by atoms with Crippen LogP contribution in [-0.4, -0.2) is 28.7 Å². The van der Waals surface area contributed by atoms with Gasteiger partial charge in [0, 0.05) is 19.6 Å². The van der Waals surface area contributed by atoms with Crippen LogP contribution in [0, 0.1) is 0 Å². The average molecular weight is 247 g/mol. The number of rotatable bonds is 5. The molecule has 0 amide bonds. The van der Waals surface area contributed by atoms with Gasteiger partial charge in [0.1, 0.15) is 0 Å². The van der Waals surface area contributed by atoms with Crippen molar-refractivity contribution in [2.75, 3.05) is 13.1 Å². The summed E-state index contributed by atoms with van der Waals surface area (Å²) in [6.45, 7) is 5.25. The van der Waals surface area contributed by atoms with Gasteiger partial charge in [0.05, 0.1) is 5.60 Å². The highest BCUT2D eigenvalue weighted by atomic mass is 16.3. The van der Waals surface area contributed by atoms with Crippen molar-refractivity contribution in [2.24, 2.45) is 0 Å². The van der Waals surface area contributed by atoms with Crippen LogP contribution in [0.4, 0.5) is 0 Å². The van der Waals surface area contributed by atoms with E-state index in [2.05, 4.69) is 42.2 Å². The SMILES string of the molecule is CCCCC1(O)CCN(Cc2ccccc2)CC1. The lowest BCUT2D eigenvalue weighted by molar-refractivity contribution is -0.0307. The first-order valence-corrected chi connectivity index (χ1v) is 7.20. The van der Waals surface area contributed by atoms with Crippen molar-refractivity contribution in [3.8, 4) is 0 Å². The lowest BCUT2D eigenvalue weighted by Crippen LogP contribution is -2.43. The highest BCUT2D eigenvalue weighted by Gasteiger charge is 2.31. The Bertz CT molecular complexity index is 341. The van der Waals surface area contributed by atoms with E-state index in [4.69, 9.17) is 0 Å². The third kappa shape index (κ3) is 3.82. The van der Waals surface area contributed by atoms with Gasteiger partial charge in [-0.05, 0) is 24.8 Å². The maximum atomic E-state index is 10.5. The lowest BCUT2D eigenvalue weighted by atomic mass is 9.86. The van der Waals surface area contributed by atoms with Gasteiger partial charge >= 0.3 is 0 Å². The normalized spacial score (nSPS) is 19.9. The molecule has 1 saturated heterocycles. The highest BCUT2D eigenvalue weighted by molar-refractivity contribution is 5.14. The Kier molecular flexibility index (Phi) is 4.79. The summed E-state index contributed by atoms with van der Waals surface area (Å²) in [5.74, 6) is 0. The van der Waals surface area contributed by atoms with E-state index >= 15 is 0 Å². The van der Waals surface area contributed by atoms with Crippen molar-refractivity contribution in [1.82, 2.24) is 4.90 Å². The van der Waals surface area contributed by atoms with E-state index in [9.17, 15) is 5.11 Å². The van der Waals surface area contributed by atoms with Crippen LogP contribution >= 0.6 is 0 Å². The van der Waals surface area contributed by atoms with Crippen LogP contribution in [0.5, 0.6) is 0 Å². The van der Waals surface area contributed by atoms with E-state index in [1.807, 2.05) is 0 Å². The van der Waals surface area contributed by atoms with Crippen LogP contribution in [-0.2, 0) is 6.54 Å². The predicted molar refractivity (Wildman–Crippen MR) is 75.4 cm³/mol. The molecule has 18 heavy (non-hydrogen) atoms. The summed E-state index contributed by atoms with van der Waals surface area (Å²) >= 11 is 0. The number of hydrogen-bond acceptors (Lipinski definition) is 2. The summed E-state index contributed by atoms with van der Waals surface area (Å²) < 4.78 is 0. The molecule has 1 aliphatic rings. The molecule has 0 aliphatic carbocycles. The summed E-state index contributed by atoms with van der Waals surface area (Å²) in [6.07, 6.45) is 5.16. The molecule has 0 atom stereocenters. The van der Waals surface area contributed by atoms with Gasteiger partial charge in [-0.15, -0.1) is 0 Å². The number of aliphatic hydroxyl groups is 1. The number of unbranched alkanes of at least 4 members (excludes halogenated alkanes) is 1. The third-order valence-corrected chi connectivity index (χ3v) is 4.03. The Morgan fingerprint density at radius 3 is 2.44 bits per heavy atom. The molecule has 0 bridgehead atoms. The van der Waals surface area contributed by atoms with Gasteiger partial charge in [-0.3, -0.25) is 4.90 Å². The Morgan fingerprint density at radius 2 is 1.83 bits per heavy atom. The number of hydrogen-bond donors (Lipinski definition) is 1. The molecule has 0 saturated carbocycles. The first-order valence-electron chi connectivity index (χ1n) is 7.20. The standard InChI is InChI=1S/C16H25NO/c1-2-3-9-16(18)10-12-17(13-11-16)14-15-7-5-4-6-8-15/h4-8,18H,2-3,9-14H2,1H3. The monoisotopic (exact) mass is 247 g/mol. The molecule has 100 valence electrons. The van der Waals surface area contributed by atoms with Crippen LogP contribution < -0.4 is 0 Å². The molecule has 0 spiro atoms. The van der Waals surface area contributed by atoms with Gasteiger partial charge in [0.25, 0.3) is 0 Å². The van der Waals surface area contributed by atoms with Gasteiger partial charge < -0.3 is 5.11 Å². The van der Waals surface area contributed by atoms with Crippen molar-refractivity contribution >= 4 is 0 Å². The maximum Gasteiger partial charge on any atom is 0.0672 e. The van der Waals surface area contributed by atoms with E-state index in [1.54, 1.807) is 0 Å². The van der Waals surface area contributed by atoms with Crippen molar-refractivity contribution < 1.29 is 5.11 Å². The van der Waals surface area contributed by atoms with Crippen molar-refractivity contribution in [1.29, 1.82) is 0 Å². The molecule has 0 unspecified atom stereocenters. The molecule has 1 aliphatic heterocycles. The van der Waals surface area contributed by atoms with Crippen LogP contribution in [0.2, 0.25) is 0 Å². The zero-order valence-corrected chi connectivity index (χ0v) is 11.4. The maximum absolute atomic E-state index is 10.5. The number of likely N-dealkylation sites (tertiary alicyclic amines) is 1. The largest absolute Gasteiger partial charge is 0.390 e. The van der Waals surface area contributed by atoms with Gasteiger partial charge in [-0.25, -0.2) is 0 Å². The van der Waals surface area contributed by atoms with E-state index in [-0.39, 0.29) is 5.60 Å². The van der Waals surface area contributed by atoms with Crippen molar-refractivity contribution in [3.05, 3.63) is 35.9 Å². The van der Waals surface area contributed by atoms with Gasteiger partial charge in [-0.2, -0.15) is 0 Å². The van der Waals surface area contributed by atoms with Crippen molar-refractivity contribution in [3.63, 3.8) is 0 Å². The molecular weight excluding hydrogens is 222 g/mol. The summed E-state index contributed by atoms with van der Waals surface area (Å²) in [6, 6.07) is 10.6. The molecule has 2 heteroatoms. The molecule has 1 heterocycles. The second-order valence-corrected chi connectivity index (χ2v) is 5.59. The van der Waals surface area contributed by atoms with Gasteiger partial charge in [-0.1, -0.05) is 50.1 Å². The molecule has 1 aromatic carbocycles. The number of piperidine rings is 1. The van der Waals surface area contributed by atoms with E-state index in [0.29, 0.717) is 0 Å². The van der Waals surface area contributed by atoms with Gasteiger partial charge in [0.15, 0.2) is 0 Å². The second-order valence-electron chi connectivity index (χ2n) is 5.59. The van der Waals surface area contributed by atoms with Crippen molar-refractivity contribution in [2.45, 2.75) is 51.2 Å². The van der Waals surface area contributed by atoms with Crippen LogP contribution in [0.25, 0.3) is 0 Å². The summed E-state index contributed by atoms with van der Waals surface area (Å²) in [4.78, 5) is 2.45. The third-order valence-electron chi connectivity index (χ3n) is 4.03. The second kappa shape index (κ2) is 6.35. The number of nitrogens with zero attached hydrogens (tertiary/aromatic N) is 1. The van der Waals surface area contributed by atoms with E-state index in [0.717, 1.165) is 45.3 Å². The summed E-state index contributed by atoms with van der Waals surface area (Å²) in [5, 5.41) is 10.5. The molecule has 2 nitrogen and oxygen atoms in total. The molecular formula is C16H25NO. The molecule has 1 aromatic rings. The predicted octanol–water partition coefficient (Wildman–Crippen LogP) is 3.20. The fourth-order valence-electron chi connectivity index (χ4n) is 2.72. The molecule has 0 radical (unpaired) electrons. The van der Waals surface area contributed by atoms with Crippen LogP contribution in [0.1, 0.15) is 44.6 Å². The fraction of sp³-hybridized carbons (Fsp3) is 0.625. The van der Waals surface area contributed by atoms with Crippen LogP contribution in [0.15, 0.2) is 30.3 Å². The Labute approximate surface area is 111 Å². The quantitative estimate of drug-likeness (QED) is 0.863. The first kappa shape index (κ1) is 13.6. The minimum Gasteiger partial charge on any atom is -0.390 e. The zero-order valence-electron chi connectivity index (χ0n) is 11.4.